The quantitative estimate of drug-likeness (QED) is 0.804. The van der Waals surface area contributed by atoms with E-state index in [-0.39, 0.29) is 30.7 Å². The topological polar surface area (TPSA) is 63.3 Å². The monoisotopic (exact) mass is 400 g/mol. The molecular formula is C19H30Cl2N4O. The number of aromatic nitrogens is 1. The highest BCUT2D eigenvalue weighted by Crippen LogP contribution is 2.28. The first-order chi connectivity index (χ1) is 11.5. The van der Waals surface area contributed by atoms with Crippen LogP contribution in [0.25, 0.3) is 10.9 Å². The molecule has 0 aliphatic heterocycles. The highest BCUT2D eigenvalue weighted by atomic mass is 35.5. The van der Waals surface area contributed by atoms with Crippen LogP contribution in [0, 0.1) is 0 Å². The molecule has 1 aliphatic carbocycles. The predicted octanol–water partition coefficient (Wildman–Crippen LogP) is 3.65. The van der Waals surface area contributed by atoms with Gasteiger partial charge in [0.15, 0.2) is 0 Å². The van der Waals surface area contributed by atoms with Crippen LogP contribution in [0.15, 0.2) is 30.5 Å². The van der Waals surface area contributed by atoms with Crippen LogP contribution in [0.2, 0.25) is 0 Å². The van der Waals surface area contributed by atoms with Gasteiger partial charge in [0.25, 0.3) is 0 Å². The molecule has 1 saturated carbocycles. The number of amides is 1. The summed E-state index contributed by atoms with van der Waals surface area (Å²) in [6.07, 6.45) is 6.91. The van der Waals surface area contributed by atoms with Crippen LogP contribution in [0.5, 0.6) is 0 Å². The smallest absolute Gasteiger partial charge is 0.244 e. The lowest BCUT2D eigenvalue weighted by atomic mass is 9.82. The van der Waals surface area contributed by atoms with Crippen LogP contribution in [0.1, 0.15) is 32.1 Å². The van der Waals surface area contributed by atoms with E-state index in [1.807, 2.05) is 6.07 Å². The van der Waals surface area contributed by atoms with Crippen LogP contribution in [-0.4, -0.2) is 41.6 Å². The highest BCUT2D eigenvalue weighted by Gasteiger charge is 2.35. The molecule has 7 heteroatoms. The van der Waals surface area contributed by atoms with Crippen molar-refractivity contribution in [3.05, 3.63) is 30.5 Å². The SMILES string of the molecule is CN(C)CCn1ccc2ccc(NC(=O)C3(N)CCCCC3)cc21.Cl.Cl. The highest BCUT2D eigenvalue weighted by molar-refractivity contribution is 5.99. The van der Waals surface area contributed by atoms with Gasteiger partial charge in [0.1, 0.15) is 0 Å². The maximum absolute atomic E-state index is 12.6. The van der Waals surface area contributed by atoms with Gasteiger partial charge in [0.05, 0.1) is 11.1 Å². The van der Waals surface area contributed by atoms with Crippen molar-refractivity contribution in [2.45, 2.75) is 44.2 Å². The minimum Gasteiger partial charge on any atom is -0.346 e. The van der Waals surface area contributed by atoms with Gasteiger partial charge in [0.2, 0.25) is 5.91 Å². The molecule has 1 aromatic carbocycles. The minimum absolute atomic E-state index is 0. The number of carbonyl (C=O) groups excluding carboxylic acids is 1. The number of anilines is 1. The number of hydrogen-bond donors (Lipinski definition) is 2. The third-order valence-corrected chi connectivity index (χ3v) is 5.02. The van der Waals surface area contributed by atoms with E-state index in [1.165, 1.54) is 11.8 Å². The fourth-order valence-corrected chi connectivity index (χ4v) is 3.43. The second-order valence-corrected chi connectivity index (χ2v) is 7.26. The molecule has 1 aromatic heterocycles. The van der Waals surface area contributed by atoms with Gasteiger partial charge in [0, 0.05) is 25.0 Å². The third-order valence-electron chi connectivity index (χ3n) is 5.02. The summed E-state index contributed by atoms with van der Waals surface area (Å²) in [7, 11) is 4.14. The molecule has 3 N–H and O–H groups in total. The Kier molecular flexibility index (Phi) is 8.41. The molecule has 2 aromatic rings. The summed E-state index contributed by atoms with van der Waals surface area (Å²) >= 11 is 0. The van der Waals surface area contributed by atoms with E-state index in [1.54, 1.807) is 0 Å². The summed E-state index contributed by atoms with van der Waals surface area (Å²) in [5.74, 6) is -0.0482. The number of hydrogen-bond acceptors (Lipinski definition) is 3. The Morgan fingerprint density at radius 1 is 1.19 bits per heavy atom. The van der Waals surface area contributed by atoms with Gasteiger partial charge in [-0.1, -0.05) is 25.3 Å². The van der Waals surface area contributed by atoms with Gasteiger partial charge >= 0.3 is 0 Å². The second-order valence-electron chi connectivity index (χ2n) is 7.26. The molecule has 0 saturated heterocycles. The average molecular weight is 401 g/mol. The Bertz CT molecular complexity index is 723. The zero-order chi connectivity index (χ0) is 17.2. The lowest BCUT2D eigenvalue weighted by molar-refractivity contribution is -0.122. The molecule has 0 atom stereocenters. The average Bonchev–Trinajstić information content (AvgIpc) is 2.96. The first-order valence-electron chi connectivity index (χ1n) is 8.82. The van der Waals surface area contributed by atoms with Crippen molar-refractivity contribution in [3.63, 3.8) is 0 Å². The van der Waals surface area contributed by atoms with Crippen LogP contribution in [-0.2, 0) is 11.3 Å². The van der Waals surface area contributed by atoms with Crippen molar-refractivity contribution in [3.8, 4) is 0 Å². The van der Waals surface area contributed by atoms with Crippen molar-refractivity contribution in [1.29, 1.82) is 0 Å². The van der Waals surface area contributed by atoms with E-state index in [0.29, 0.717) is 0 Å². The number of likely N-dealkylation sites (N-methyl/N-ethyl adjacent to an activating group) is 1. The number of nitrogens with two attached hydrogens (primary N) is 1. The molecule has 0 unspecified atom stereocenters. The molecule has 1 fully saturated rings. The lowest BCUT2D eigenvalue weighted by Crippen LogP contribution is -2.52. The van der Waals surface area contributed by atoms with Gasteiger partial charge < -0.3 is 20.5 Å². The van der Waals surface area contributed by atoms with Gasteiger partial charge in [-0.05, 0) is 50.5 Å². The zero-order valence-corrected chi connectivity index (χ0v) is 17.2. The first kappa shape index (κ1) is 22.8. The van der Waals surface area contributed by atoms with Crippen molar-refractivity contribution in [1.82, 2.24) is 9.47 Å². The number of halogens is 2. The Balaban J connectivity index is 0.00000169. The van der Waals surface area contributed by atoms with E-state index in [2.05, 4.69) is 53.3 Å². The van der Waals surface area contributed by atoms with E-state index < -0.39 is 5.54 Å². The Labute approximate surface area is 168 Å². The Hall–Kier alpha value is -1.27. The number of fused-ring (bicyclic) bond motifs is 1. The zero-order valence-electron chi connectivity index (χ0n) is 15.5. The largest absolute Gasteiger partial charge is 0.346 e. The van der Waals surface area contributed by atoms with E-state index >= 15 is 0 Å². The lowest BCUT2D eigenvalue weighted by Gasteiger charge is -2.31. The summed E-state index contributed by atoms with van der Waals surface area (Å²) in [4.78, 5) is 14.8. The van der Waals surface area contributed by atoms with Crippen LogP contribution >= 0.6 is 24.8 Å². The molecule has 5 nitrogen and oxygen atoms in total. The molecule has 0 radical (unpaired) electrons. The minimum atomic E-state index is -0.708. The number of nitrogens with one attached hydrogen (secondary N) is 1. The number of nitrogens with zero attached hydrogens (tertiary/aromatic N) is 2. The van der Waals surface area contributed by atoms with E-state index in [4.69, 9.17) is 5.73 Å². The molecule has 1 aliphatic rings. The van der Waals surface area contributed by atoms with Crippen molar-refractivity contribution < 1.29 is 4.79 Å². The maximum atomic E-state index is 12.6. The maximum Gasteiger partial charge on any atom is 0.244 e. The summed E-state index contributed by atoms with van der Waals surface area (Å²) in [6, 6.07) is 8.18. The van der Waals surface area contributed by atoms with Crippen LogP contribution in [0.4, 0.5) is 5.69 Å². The van der Waals surface area contributed by atoms with E-state index in [0.717, 1.165) is 50.0 Å². The summed E-state index contributed by atoms with van der Waals surface area (Å²) in [5, 5.41) is 4.23. The molecule has 146 valence electrons. The van der Waals surface area contributed by atoms with Crippen molar-refractivity contribution >= 4 is 47.3 Å². The van der Waals surface area contributed by atoms with Gasteiger partial charge in [-0.3, -0.25) is 4.79 Å². The summed E-state index contributed by atoms with van der Waals surface area (Å²) < 4.78 is 2.23. The standard InChI is InChI=1S/C19H28N4O.2ClH/c1-22(2)12-13-23-11-8-15-6-7-16(14-17(15)23)21-18(24)19(20)9-4-3-5-10-19;;/h6-8,11,14H,3-5,9-10,12-13,20H2,1-2H3,(H,21,24);2*1H. The van der Waals surface area contributed by atoms with Crippen molar-refractivity contribution in [2.24, 2.45) is 5.73 Å². The second kappa shape index (κ2) is 9.60. The number of carbonyl (C=O) groups is 1. The number of benzene rings is 1. The number of rotatable bonds is 5. The molecule has 0 spiro atoms. The first-order valence-corrected chi connectivity index (χ1v) is 8.82. The van der Waals surface area contributed by atoms with Crippen molar-refractivity contribution in [2.75, 3.05) is 26.0 Å². The Morgan fingerprint density at radius 2 is 1.88 bits per heavy atom. The van der Waals surface area contributed by atoms with Gasteiger partial charge in [-0.2, -0.15) is 0 Å². The molecule has 26 heavy (non-hydrogen) atoms. The molecule has 0 bridgehead atoms. The fourth-order valence-electron chi connectivity index (χ4n) is 3.43. The fraction of sp³-hybridized carbons (Fsp3) is 0.526. The van der Waals surface area contributed by atoms with Gasteiger partial charge in [-0.15, -0.1) is 24.8 Å². The molecule has 3 rings (SSSR count). The van der Waals surface area contributed by atoms with Gasteiger partial charge in [-0.25, -0.2) is 0 Å². The molecular weight excluding hydrogens is 371 g/mol. The molecule has 1 heterocycles. The van der Waals surface area contributed by atoms with Crippen LogP contribution < -0.4 is 11.1 Å². The summed E-state index contributed by atoms with van der Waals surface area (Å²) in [6.45, 7) is 1.90. The van der Waals surface area contributed by atoms with E-state index in [9.17, 15) is 4.79 Å². The summed E-state index contributed by atoms with van der Waals surface area (Å²) in [5.41, 5.74) is 7.59. The van der Waals surface area contributed by atoms with Crippen LogP contribution in [0.3, 0.4) is 0 Å². The molecule has 1 amide bonds. The normalized spacial score (nSPS) is 16.0. The third kappa shape index (κ3) is 5.13. The predicted molar refractivity (Wildman–Crippen MR) is 114 cm³/mol. The Morgan fingerprint density at radius 3 is 2.54 bits per heavy atom.